The molecule has 5 rings (SSSR count). The minimum Gasteiger partial charge on any atom is -0.393 e. The zero-order chi connectivity index (χ0) is 28.8. The molecule has 0 aromatic carbocycles. The maximum atomic E-state index is 13.0. The Morgan fingerprint density at radius 1 is 0.925 bits per heavy atom. The van der Waals surface area contributed by atoms with Crippen LogP contribution in [0, 0.1) is 11.8 Å². The van der Waals surface area contributed by atoms with Crippen molar-refractivity contribution in [2.45, 2.75) is 121 Å². The molecule has 0 spiro atoms. The van der Waals surface area contributed by atoms with Crippen LogP contribution in [0.25, 0.3) is 0 Å². The van der Waals surface area contributed by atoms with Crippen LogP contribution < -0.4 is 0 Å². The molecular formula is C30H44N2O6S2. The van der Waals surface area contributed by atoms with Gasteiger partial charge in [0, 0.05) is 34.1 Å². The lowest BCUT2D eigenvalue weighted by Crippen LogP contribution is -2.57. The average molecular weight is 593 g/mol. The summed E-state index contributed by atoms with van der Waals surface area (Å²) < 4.78 is 5.89. The number of imide groups is 1. The van der Waals surface area contributed by atoms with Gasteiger partial charge in [0.1, 0.15) is 6.23 Å². The molecule has 5 aliphatic rings. The summed E-state index contributed by atoms with van der Waals surface area (Å²) >= 11 is 3.29. The topological polar surface area (TPSA) is 111 Å². The van der Waals surface area contributed by atoms with Crippen LogP contribution in [0.1, 0.15) is 85.5 Å². The number of aliphatic hydroxyl groups excluding tert-OH is 2. The van der Waals surface area contributed by atoms with E-state index in [9.17, 15) is 24.6 Å². The molecule has 222 valence electrons. The summed E-state index contributed by atoms with van der Waals surface area (Å²) in [6, 6.07) is 0. The van der Waals surface area contributed by atoms with Crippen LogP contribution in [0.2, 0.25) is 0 Å². The number of epoxide rings is 1. The highest BCUT2D eigenvalue weighted by Crippen LogP contribution is 2.45. The fourth-order valence-corrected chi connectivity index (χ4v) is 9.20. The Bertz CT molecular complexity index is 1090. The van der Waals surface area contributed by atoms with E-state index in [1.807, 2.05) is 27.7 Å². The lowest BCUT2D eigenvalue weighted by atomic mass is 9.88. The average Bonchev–Trinajstić information content (AvgIpc) is 3.21. The number of aliphatic hydroxyl groups is 2. The fraction of sp³-hybridized carbons (Fsp3) is 0.767. The van der Waals surface area contributed by atoms with Gasteiger partial charge in [-0.25, -0.2) is 0 Å². The summed E-state index contributed by atoms with van der Waals surface area (Å²) in [5.74, 6) is 1.31. The highest BCUT2D eigenvalue weighted by Gasteiger charge is 2.47. The Kier molecular flexibility index (Phi) is 8.85. The maximum absolute atomic E-state index is 13.0. The molecule has 5 aliphatic heterocycles. The molecule has 6 unspecified atom stereocenters. The second kappa shape index (κ2) is 11.7. The fourth-order valence-electron chi connectivity index (χ4n) is 6.76. The molecule has 5 heterocycles. The van der Waals surface area contributed by atoms with Gasteiger partial charge in [-0.3, -0.25) is 19.3 Å². The second-order valence-corrected chi connectivity index (χ2v) is 15.5. The van der Waals surface area contributed by atoms with Crippen LogP contribution >= 0.6 is 23.5 Å². The van der Waals surface area contributed by atoms with Crippen LogP contribution in [0.4, 0.5) is 0 Å². The number of fused-ring (bicyclic) bond motifs is 2. The van der Waals surface area contributed by atoms with Crippen molar-refractivity contribution in [1.29, 1.82) is 0 Å². The summed E-state index contributed by atoms with van der Waals surface area (Å²) in [5.41, 5.74) is -1.10. The summed E-state index contributed by atoms with van der Waals surface area (Å²) in [4.78, 5) is 43.5. The highest BCUT2D eigenvalue weighted by molar-refractivity contribution is 8.03. The van der Waals surface area contributed by atoms with Gasteiger partial charge >= 0.3 is 0 Å². The van der Waals surface area contributed by atoms with Crippen molar-refractivity contribution in [3.05, 3.63) is 22.0 Å². The minimum atomic E-state index is -0.801. The number of ether oxygens (including phenoxy) is 1. The quantitative estimate of drug-likeness (QED) is 0.256. The first-order valence-electron chi connectivity index (χ1n) is 14.8. The van der Waals surface area contributed by atoms with E-state index in [1.165, 1.54) is 4.90 Å². The molecule has 0 saturated carbocycles. The molecular weight excluding hydrogens is 548 g/mol. The van der Waals surface area contributed by atoms with Crippen molar-refractivity contribution < 1.29 is 29.3 Å². The summed E-state index contributed by atoms with van der Waals surface area (Å²) in [6.07, 6.45) is 9.11. The predicted molar refractivity (Wildman–Crippen MR) is 157 cm³/mol. The van der Waals surface area contributed by atoms with Crippen molar-refractivity contribution in [3.63, 3.8) is 0 Å². The van der Waals surface area contributed by atoms with E-state index in [0.29, 0.717) is 25.7 Å². The molecule has 0 radical (unpaired) electrons. The Balaban J connectivity index is 1.01. The van der Waals surface area contributed by atoms with Crippen LogP contribution in [0.5, 0.6) is 0 Å². The third kappa shape index (κ3) is 6.21. The van der Waals surface area contributed by atoms with Crippen molar-refractivity contribution in [3.8, 4) is 0 Å². The van der Waals surface area contributed by atoms with Crippen LogP contribution in [-0.4, -0.2) is 84.9 Å². The van der Waals surface area contributed by atoms with Crippen molar-refractivity contribution in [1.82, 2.24) is 9.80 Å². The lowest BCUT2D eigenvalue weighted by Gasteiger charge is -2.45. The Labute approximate surface area is 246 Å². The molecule has 0 aromatic heterocycles. The van der Waals surface area contributed by atoms with Crippen LogP contribution in [-0.2, 0) is 19.1 Å². The van der Waals surface area contributed by atoms with Gasteiger partial charge in [0.05, 0.1) is 24.2 Å². The van der Waals surface area contributed by atoms with E-state index >= 15 is 0 Å². The molecule has 0 bridgehead atoms. The van der Waals surface area contributed by atoms with Crippen LogP contribution in [0.3, 0.4) is 0 Å². The lowest BCUT2D eigenvalue weighted by molar-refractivity contribution is -0.154. The molecule has 0 aromatic rings. The number of nitrogens with zero attached hydrogens (tertiary/aromatic N) is 2. The SMILES string of the molecule is CC(C)(CCC1OC1CCCC(O)CCC(C)(C)N1C(=O)C=C2SCCC2C1O)N1C(=O)C=C2SCCC2C1=O. The number of hydrogen-bond donors (Lipinski definition) is 2. The largest absolute Gasteiger partial charge is 0.393 e. The van der Waals surface area contributed by atoms with E-state index in [0.717, 1.165) is 53.4 Å². The molecule has 40 heavy (non-hydrogen) atoms. The minimum absolute atomic E-state index is 0.0147. The van der Waals surface area contributed by atoms with Crippen LogP contribution in [0.15, 0.2) is 22.0 Å². The van der Waals surface area contributed by atoms with E-state index in [-0.39, 0.29) is 41.8 Å². The molecule has 3 amide bonds. The third-order valence-corrected chi connectivity index (χ3v) is 11.7. The molecule has 0 aliphatic carbocycles. The number of carbonyl (C=O) groups is 3. The summed E-state index contributed by atoms with van der Waals surface area (Å²) in [5, 5.41) is 21.6. The monoisotopic (exact) mass is 592 g/mol. The van der Waals surface area contributed by atoms with E-state index < -0.39 is 23.4 Å². The zero-order valence-electron chi connectivity index (χ0n) is 24.1. The van der Waals surface area contributed by atoms with E-state index in [1.54, 1.807) is 40.6 Å². The Hall–Kier alpha value is -1.33. The smallest absolute Gasteiger partial charge is 0.254 e. The molecule has 2 N–H and O–H groups in total. The first kappa shape index (κ1) is 30.1. The van der Waals surface area contributed by atoms with Gasteiger partial charge in [0.15, 0.2) is 0 Å². The first-order chi connectivity index (χ1) is 18.9. The van der Waals surface area contributed by atoms with Gasteiger partial charge in [0.25, 0.3) is 5.91 Å². The van der Waals surface area contributed by atoms with Gasteiger partial charge in [-0.2, -0.15) is 0 Å². The second-order valence-electron chi connectivity index (χ2n) is 13.2. The van der Waals surface area contributed by atoms with E-state index in [2.05, 4.69) is 0 Å². The molecule has 8 nitrogen and oxygen atoms in total. The van der Waals surface area contributed by atoms with Crippen molar-refractivity contribution in [2.75, 3.05) is 11.5 Å². The molecule has 3 fully saturated rings. The first-order valence-corrected chi connectivity index (χ1v) is 16.8. The van der Waals surface area contributed by atoms with Gasteiger partial charge in [-0.05, 0) is 102 Å². The molecule has 3 saturated heterocycles. The maximum Gasteiger partial charge on any atom is 0.254 e. The van der Waals surface area contributed by atoms with Crippen molar-refractivity contribution >= 4 is 41.2 Å². The number of thioether (sulfide) groups is 2. The van der Waals surface area contributed by atoms with Gasteiger partial charge in [-0.1, -0.05) is 0 Å². The number of hydrogen-bond acceptors (Lipinski definition) is 8. The predicted octanol–water partition coefficient (Wildman–Crippen LogP) is 4.21. The highest BCUT2D eigenvalue weighted by atomic mass is 32.2. The zero-order valence-corrected chi connectivity index (χ0v) is 25.8. The third-order valence-electron chi connectivity index (χ3n) is 9.32. The molecule has 6 atom stereocenters. The van der Waals surface area contributed by atoms with Gasteiger partial charge in [-0.15, -0.1) is 23.5 Å². The van der Waals surface area contributed by atoms with E-state index in [4.69, 9.17) is 4.74 Å². The number of carbonyl (C=O) groups excluding carboxylic acids is 3. The Morgan fingerprint density at radius 3 is 2.38 bits per heavy atom. The van der Waals surface area contributed by atoms with Crippen molar-refractivity contribution in [2.24, 2.45) is 11.8 Å². The summed E-state index contributed by atoms with van der Waals surface area (Å²) in [6.45, 7) is 7.88. The number of rotatable bonds is 12. The summed E-state index contributed by atoms with van der Waals surface area (Å²) in [7, 11) is 0. The Morgan fingerprint density at radius 2 is 1.60 bits per heavy atom. The normalized spacial score (nSPS) is 31.2. The van der Waals surface area contributed by atoms with Gasteiger partial charge in [0.2, 0.25) is 11.8 Å². The standard InChI is InChI=1S/C30H44N2O6S2/c1-29(2,31-25(34)16-23-19(27(31)36)10-14-39-23)12-8-18(33)6-5-7-21-22(38-21)9-13-30(3,4)32-26(35)17-24-20(28(32)37)11-15-40-24/h16-22,27,33,36H,5-15H2,1-4H3. The van der Waals surface area contributed by atoms with Gasteiger partial charge < -0.3 is 19.8 Å². The molecule has 10 heteroatoms. The number of amides is 3.